The predicted molar refractivity (Wildman–Crippen MR) is 80.2 cm³/mol. The van der Waals surface area contributed by atoms with Crippen LogP contribution in [0, 0.1) is 0 Å². The minimum Gasteiger partial charge on any atom is -0.305 e. The van der Waals surface area contributed by atoms with Gasteiger partial charge in [-0.1, -0.05) is 0 Å². The van der Waals surface area contributed by atoms with Crippen LogP contribution in [0.15, 0.2) is 47.7 Å². The lowest BCUT2D eigenvalue weighted by atomic mass is 10.1. The highest BCUT2D eigenvalue weighted by atomic mass is 79.9. The molecule has 3 rings (SSSR count). The summed E-state index contributed by atoms with van der Waals surface area (Å²) in [5, 5.41) is 3.49. The van der Waals surface area contributed by atoms with Crippen LogP contribution in [0.25, 0.3) is 5.65 Å². The number of hydrogen-bond acceptors (Lipinski definition) is 4. The van der Waals surface area contributed by atoms with Gasteiger partial charge in [-0.15, -0.1) is 0 Å². The van der Waals surface area contributed by atoms with Crippen molar-refractivity contribution < 1.29 is 0 Å². The predicted octanol–water partition coefficient (Wildman–Crippen LogP) is 2.74. The largest absolute Gasteiger partial charge is 0.305 e. The second-order valence-electron chi connectivity index (χ2n) is 4.57. The first-order valence-electron chi connectivity index (χ1n) is 6.35. The van der Waals surface area contributed by atoms with Crippen molar-refractivity contribution in [1.82, 2.24) is 24.7 Å². The lowest BCUT2D eigenvalue weighted by Gasteiger charge is -2.13. The molecule has 1 atom stereocenters. The van der Waals surface area contributed by atoms with Crippen LogP contribution in [-0.2, 0) is 6.54 Å². The first-order valence-corrected chi connectivity index (χ1v) is 7.14. The molecule has 0 aliphatic rings. The molecule has 3 aromatic heterocycles. The monoisotopic (exact) mass is 331 g/mol. The Bertz CT molecular complexity index is 710. The molecule has 0 fully saturated rings. The van der Waals surface area contributed by atoms with Crippen molar-refractivity contribution >= 4 is 21.6 Å². The molecule has 0 aliphatic heterocycles. The van der Waals surface area contributed by atoms with E-state index in [9.17, 15) is 0 Å². The second kappa shape index (κ2) is 5.68. The van der Waals surface area contributed by atoms with Gasteiger partial charge in [-0.2, -0.15) is 0 Å². The van der Waals surface area contributed by atoms with Crippen molar-refractivity contribution in [3.05, 3.63) is 59.0 Å². The van der Waals surface area contributed by atoms with Crippen LogP contribution in [0.2, 0.25) is 0 Å². The lowest BCUT2D eigenvalue weighted by Crippen LogP contribution is -2.19. The molecule has 6 heteroatoms. The Labute approximate surface area is 125 Å². The van der Waals surface area contributed by atoms with Crippen molar-refractivity contribution in [3.8, 4) is 0 Å². The minimum atomic E-state index is 0.258. The number of pyridine rings is 1. The van der Waals surface area contributed by atoms with E-state index in [2.05, 4.69) is 43.1 Å². The standard InChI is InChI=1S/C14H14BrN5/c1-10(11-2-4-16-5-3-11)17-6-12-7-19-14-8-18-13(15)9-20(12)14/h2-5,7-10,17H,6H2,1H3. The third kappa shape index (κ3) is 2.71. The van der Waals surface area contributed by atoms with Gasteiger partial charge in [0.05, 0.1) is 18.1 Å². The molecule has 0 amide bonds. The maximum absolute atomic E-state index is 4.34. The van der Waals surface area contributed by atoms with E-state index in [0.29, 0.717) is 0 Å². The fraction of sp³-hybridized carbons (Fsp3) is 0.214. The zero-order valence-corrected chi connectivity index (χ0v) is 12.6. The number of nitrogens with zero attached hydrogens (tertiary/aromatic N) is 4. The van der Waals surface area contributed by atoms with Gasteiger partial charge in [0, 0.05) is 31.2 Å². The summed E-state index contributed by atoms with van der Waals surface area (Å²) in [6, 6.07) is 4.30. The fourth-order valence-electron chi connectivity index (χ4n) is 2.07. The van der Waals surface area contributed by atoms with E-state index in [0.717, 1.165) is 22.5 Å². The Kier molecular flexibility index (Phi) is 3.75. The van der Waals surface area contributed by atoms with E-state index < -0.39 is 0 Å². The van der Waals surface area contributed by atoms with E-state index >= 15 is 0 Å². The zero-order valence-electron chi connectivity index (χ0n) is 11.0. The van der Waals surface area contributed by atoms with Gasteiger partial charge in [0.25, 0.3) is 0 Å². The van der Waals surface area contributed by atoms with Crippen LogP contribution >= 0.6 is 15.9 Å². The van der Waals surface area contributed by atoms with Crippen molar-refractivity contribution in [2.45, 2.75) is 19.5 Å². The first kappa shape index (κ1) is 13.2. The van der Waals surface area contributed by atoms with Crippen LogP contribution < -0.4 is 5.32 Å². The van der Waals surface area contributed by atoms with Crippen molar-refractivity contribution in [2.24, 2.45) is 0 Å². The summed E-state index contributed by atoms with van der Waals surface area (Å²) in [6.45, 7) is 2.87. The number of rotatable bonds is 4. The van der Waals surface area contributed by atoms with Gasteiger partial charge < -0.3 is 5.32 Å². The van der Waals surface area contributed by atoms with E-state index in [1.54, 1.807) is 6.20 Å². The highest BCUT2D eigenvalue weighted by Gasteiger charge is 2.07. The van der Waals surface area contributed by atoms with Gasteiger partial charge in [0.1, 0.15) is 4.60 Å². The van der Waals surface area contributed by atoms with Crippen LogP contribution in [0.5, 0.6) is 0 Å². The Hall–Kier alpha value is -1.79. The number of nitrogens with one attached hydrogen (secondary N) is 1. The third-order valence-corrected chi connectivity index (χ3v) is 3.65. The SMILES string of the molecule is CC(NCc1cnc2cnc(Br)cn12)c1ccncc1. The molecule has 1 N–H and O–H groups in total. The molecule has 0 saturated carbocycles. The van der Waals surface area contributed by atoms with Crippen molar-refractivity contribution in [1.29, 1.82) is 0 Å². The quantitative estimate of drug-likeness (QED) is 0.798. The summed E-state index contributed by atoms with van der Waals surface area (Å²) in [4.78, 5) is 12.5. The van der Waals surface area contributed by atoms with E-state index in [1.165, 1.54) is 5.56 Å². The maximum atomic E-state index is 4.34. The smallest absolute Gasteiger partial charge is 0.155 e. The van der Waals surface area contributed by atoms with E-state index in [4.69, 9.17) is 0 Å². The Morgan fingerprint density at radius 2 is 2.05 bits per heavy atom. The summed E-state index contributed by atoms with van der Waals surface area (Å²) in [5.74, 6) is 0. The molecule has 0 aliphatic carbocycles. The molecule has 1 unspecified atom stereocenters. The van der Waals surface area contributed by atoms with Gasteiger partial charge in [-0.05, 0) is 40.5 Å². The number of hydrogen-bond donors (Lipinski definition) is 1. The molecule has 0 saturated heterocycles. The van der Waals surface area contributed by atoms with E-state index in [-0.39, 0.29) is 6.04 Å². The fourth-order valence-corrected chi connectivity index (χ4v) is 2.38. The Balaban J connectivity index is 1.75. The van der Waals surface area contributed by atoms with Crippen LogP contribution in [0.3, 0.4) is 0 Å². The van der Waals surface area contributed by atoms with Crippen molar-refractivity contribution in [3.63, 3.8) is 0 Å². The minimum absolute atomic E-state index is 0.258. The molecule has 0 radical (unpaired) electrons. The molecule has 5 nitrogen and oxygen atoms in total. The molecule has 3 heterocycles. The van der Waals surface area contributed by atoms with Crippen LogP contribution in [0.1, 0.15) is 24.2 Å². The molecular weight excluding hydrogens is 318 g/mol. The summed E-state index contributed by atoms with van der Waals surface area (Å²) in [6.07, 6.45) is 9.17. The molecular formula is C14H14BrN5. The number of fused-ring (bicyclic) bond motifs is 1. The number of aromatic nitrogens is 4. The number of imidazole rings is 1. The highest BCUT2D eigenvalue weighted by molar-refractivity contribution is 9.10. The van der Waals surface area contributed by atoms with Gasteiger partial charge in [-0.3, -0.25) is 9.38 Å². The zero-order chi connectivity index (χ0) is 13.9. The van der Waals surface area contributed by atoms with Crippen LogP contribution in [-0.4, -0.2) is 19.4 Å². The van der Waals surface area contributed by atoms with Crippen LogP contribution in [0.4, 0.5) is 0 Å². The molecule has 102 valence electrons. The van der Waals surface area contributed by atoms with Gasteiger partial charge in [-0.25, -0.2) is 9.97 Å². The molecule has 0 aromatic carbocycles. The lowest BCUT2D eigenvalue weighted by molar-refractivity contribution is 0.565. The maximum Gasteiger partial charge on any atom is 0.155 e. The summed E-state index contributed by atoms with van der Waals surface area (Å²) in [5.41, 5.74) is 3.17. The molecule has 0 bridgehead atoms. The van der Waals surface area contributed by atoms with Gasteiger partial charge in [0.15, 0.2) is 5.65 Å². The average molecular weight is 332 g/mol. The van der Waals surface area contributed by atoms with Gasteiger partial charge in [0.2, 0.25) is 0 Å². The third-order valence-electron chi connectivity index (χ3n) is 3.24. The topological polar surface area (TPSA) is 55.1 Å². The van der Waals surface area contributed by atoms with Crippen molar-refractivity contribution in [2.75, 3.05) is 0 Å². The van der Waals surface area contributed by atoms with E-state index in [1.807, 2.05) is 41.3 Å². The first-order chi connectivity index (χ1) is 9.74. The molecule has 20 heavy (non-hydrogen) atoms. The normalized spacial score (nSPS) is 12.7. The summed E-state index contributed by atoms with van der Waals surface area (Å²) >= 11 is 3.38. The summed E-state index contributed by atoms with van der Waals surface area (Å²) in [7, 11) is 0. The summed E-state index contributed by atoms with van der Waals surface area (Å²) < 4.78 is 2.83. The highest BCUT2D eigenvalue weighted by Crippen LogP contribution is 2.14. The van der Waals surface area contributed by atoms with Gasteiger partial charge >= 0.3 is 0 Å². The average Bonchev–Trinajstić information content (AvgIpc) is 2.88. The Morgan fingerprint density at radius 3 is 2.85 bits per heavy atom. The second-order valence-corrected chi connectivity index (χ2v) is 5.38. The number of halogens is 1. The Morgan fingerprint density at radius 1 is 1.25 bits per heavy atom. The molecule has 0 spiro atoms. The molecule has 3 aromatic rings.